The molecule has 0 saturated heterocycles. The number of pyridine rings is 1. The highest BCUT2D eigenvalue weighted by Crippen LogP contribution is 2.11. The molecule has 0 fully saturated rings. The molecule has 0 unspecified atom stereocenters. The van der Waals surface area contributed by atoms with Gasteiger partial charge in [-0.3, -0.25) is 4.79 Å². The molecule has 0 aliphatic carbocycles. The minimum Gasteiger partial charge on any atom is -0.488 e. The van der Waals surface area contributed by atoms with E-state index in [-0.39, 0.29) is 12.0 Å². The molecule has 0 aliphatic rings. The first-order valence-corrected chi connectivity index (χ1v) is 7.25. The van der Waals surface area contributed by atoms with Crippen molar-refractivity contribution >= 4 is 0 Å². The van der Waals surface area contributed by atoms with Crippen LogP contribution in [-0.4, -0.2) is 16.3 Å². The van der Waals surface area contributed by atoms with Gasteiger partial charge in [0.05, 0.1) is 19.4 Å². The average molecular weight is 287 g/mol. The molecule has 0 radical (unpaired) electrons. The summed E-state index contributed by atoms with van der Waals surface area (Å²) in [5.41, 5.74) is 1.52. The summed E-state index contributed by atoms with van der Waals surface area (Å²) in [4.78, 5) is 11.9. The number of ether oxygens (including phenoxy) is 1. The fraction of sp³-hybridized carbons (Fsp3) is 0.353. The summed E-state index contributed by atoms with van der Waals surface area (Å²) in [5, 5.41) is 9.43. The maximum absolute atomic E-state index is 11.9. The Morgan fingerprint density at radius 2 is 2.00 bits per heavy atom. The number of hydrogen-bond donors (Lipinski definition) is 1. The van der Waals surface area contributed by atoms with Gasteiger partial charge in [-0.2, -0.15) is 0 Å². The molecule has 0 atom stereocenters. The molecule has 0 bridgehead atoms. The molecule has 2 aromatic rings. The van der Waals surface area contributed by atoms with Gasteiger partial charge in [0.15, 0.2) is 5.75 Å². The highest BCUT2D eigenvalue weighted by atomic mass is 16.5. The third kappa shape index (κ3) is 4.20. The Hall–Kier alpha value is -2.07. The second-order valence-electron chi connectivity index (χ2n) is 4.97. The van der Waals surface area contributed by atoms with E-state index in [1.807, 2.05) is 34.9 Å². The van der Waals surface area contributed by atoms with E-state index in [0.717, 1.165) is 18.4 Å². The summed E-state index contributed by atoms with van der Waals surface area (Å²) >= 11 is 0. The van der Waals surface area contributed by atoms with Gasteiger partial charge in [0.1, 0.15) is 0 Å². The van der Waals surface area contributed by atoms with E-state index in [0.29, 0.717) is 24.6 Å². The predicted octanol–water partition coefficient (Wildman–Crippen LogP) is 2.57. The first kappa shape index (κ1) is 15.3. The second-order valence-corrected chi connectivity index (χ2v) is 4.97. The quantitative estimate of drug-likeness (QED) is 0.796. The molecular formula is C17H21NO3. The van der Waals surface area contributed by atoms with Crippen molar-refractivity contribution in [3.63, 3.8) is 0 Å². The molecule has 1 aromatic carbocycles. The zero-order valence-electron chi connectivity index (χ0n) is 12.3. The monoisotopic (exact) mass is 287 g/mol. The molecule has 0 spiro atoms. The third-order valence-corrected chi connectivity index (χ3v) is 3.30. The fourth-order valence-corrected chi connectivity index (χ4v) is 2.09. The standard InChI is InChI=1S/C17H21NO3/c1-2-3-9-21-17-12-18(15(13-19)10-16(17)20)11-14-7-5-4-6-8-14/h4-8,10,12,19H,2-3,9,11,13H2,1H3. The molecule has 0 aliphatic heterocycles. The average Bonchev–Trinajstić information content (AvgIpc) is 2.51. The van der Waals surface area contributed by atoms with E-state index < -0.39 is 0 Å². The molecule has 2 rings (SSSR count). The Bertz CT molecular complexity index is 620. The van der Waals surface area contributed by atoms with Crippen LogP contribution in [0.25, 0.3) is 0 Å². The molecule has 1 N–H and O–H groups in total. The maximum Gasteiger partial charge on any atom is 0.223 e. The highest BCUT2D eigenvalue weighted by molar-refractivity contribution is 5.24. The van der Waals surface area contributed by atoms with Crippen molar-refractivity contribution in [2.24, 2.45) is 0 Å². The van der Waals surface area contributed by atoms with Crippen LogP contribution in [0.15, 0.2) is 47.4 Å². The van der Waals surface area contributed by atoms with Gasteiger partial charge in [-0.25, -0.2) is 0 Å². The van der Waals surface area contributed by atoms with Crippen LogP contribution in [0, 0.1) is 0 Å². The first-order chi connectivity index (χ1) is 10.2. The Labute approximate surface area is 124 Å². The number of aliphatic hydroxyl groups is 1. The molecule has 0 amide bonds. The Kier molecular flexibility index (Phi) is 5.58. The van der Waals surface area contributed by atoms with Crippen molar-refractivity contribution < 1.29 is 9.84 Å². The second kappa shape index (κ2) is 7.64. The number of aliphatic hydroxyl groups excluding tert-OH is 1. The van der Waals surface area contributed by atoms with Gasteiger partial charge >= 0.3 is 0 Å². The fourth-order valence-electron chi connectivity index (χ4n) is 2.09. The summed E-state index contributed by atoms with van der Waals surface area (Å²) in [6, 6.07) is 11.4. The number of unbranched alkanes of at least 4 members (excludes halogenated alkanes) is 1. The minimum absolute atomic E-state index is 0.169. The van der Waals surface area contributed by atoms with Gasteiger partial charge in [-0.05, 0) is 12.0 Å². The van der Waals surface area contributed by atoms with Crippen LogP contribution >= 0.6 is 0 Å². The molecule has 112 valence electrons. The lowest BCUT2D eigenvalue weighted by Gasteiger charge is -2.14. The van der Waals surface area contributed by atoms with Crippen molar-refractivity contribution in [1.82, 2.24) is 4.57 Å². The predicted molar refractivity (Wildman–Crippen MR) is 82.6 cm³/mol. The van der Waals surface area contributed by atoms with E-state index in [2.05, 4.69) is 6.92 Å². The summed E-state index contributed by atoms with van der Waals surface area (Å²) in [6.07, 6.45) is 3.63. The van der Waals surface area contributed by atoms with Gasteiger partial charge in [-0.1, -0.05) is 43.7 Å². The molecule has 21 heavy (non-hydrogen) atoms. The lowest BCUT2D eigenvalue weighted by molar-refractivity contribution is 0.267. The van der Waals surface area contributed by atoms with Crippen LogP contribution in [0.2, 0.25) is 0 Å². The van der Waals surface area contributed by atoms with Gasteiger partial charge < -0.3 is 14.4 Å². The first-order valence-electron chi connectivity index (χ1n) is 7.25. The largest absolute Gasteiger partial charge is 0.488 e. The molecule has 4 heteroatoms. The SMILES string of the molecule is CCCCOc1cn(Cc2ccccc2)c(CO)cc1=O. The van der Waals surface area contributed by atoms with Gasteiger partial charge in [-0.15, -0.1) is 0 Å². The van der Waals surface area contributed by atoms with Gasteiger partial charge in [0.25, 0.3) is 0 Å². The third-order valence-electron chi connectivity index (χ3n) is 3.30. The Morgan fingerprint density at radius 3 is 2.67 bits per heavy atom. The van der Waals surface area contributed by atoms with Crippen molar-refractivity contribution in [3.05, 3.63) is 64.1 Å². The van der Waals surface area contributed by atoms with Crippen LogP contribution < -0.4 is 10.2 Å². The highest BCUT2D eigenvalue weighted by Gasteiger charge is 2.07. The van der Waals surface area contributed by atoms with Crippen LogP contribution in [-0.2, 0) is 13.2 Å². The van der Waals surface area contributed by atoms with E-state index >= 15 is 0 Å². The van der Waals surface area contributed by atoms with Crippen molar-refractivity contribution in [2.45, 2.75) is 32.9 Å². The minimum atomic E-state index is -0.181. The maximum atomic E-state index is 11.9. The smallest absolute Gasteiger partial charge is 0.223 e. The van der Waals surface area contributed by atoms with E-state index in [4.69, 9.17) is 4.74 Å². The van der Waals surface area contributed by atoms with Crippen molar-refractivity contribution in [3.8, 4) is 5.75 Å². The summed E-state index contributed by atoms with van der Waals surface area (Å²) in [5.74, 6) is 0.344. The lowest BCUT2D eigenvalue weighted by atomic mass is 10.2. The number of benzene rings is 1. The summed E-state index contributed by atoms with van der Waals surface area (Å²) in [7, 11) is 0. The number of aromatic nitrogens is 1. The van der Waals surface area contributed by atoms with Crippen LogP contribution in [0.1, 0.15) is 31.0 Å². The zero-order valence-corrected chi connectivity index (χ0v) is 12.3. The topological polar surface area (TPSA) is 51.5 Å². The zero-order chi connectivity index (χ0) is 15.1. The van der Waals surface area contributed by atoms with Crippen molar-refractivity contribution in [2.75, 3.05) is 6.61 Å². The molecule has 1 heterocycles. The molecule has 0 saturated carbocycles. The van der Waals surface area contributed by atoms with Crippen LogP contribution in [0.5, 0.6) is 5.75 Å². The molecule has 4 nitrogen and oxygen atoms in total. The molecular weight excluding hydrogens is 266 g/mol. The van der Waals surface area contributed by atoms with Gasteiger partial charge in [0.2, 0.25) is 5.43 Å². The van der Waals surface area contributed by atoms with Crippen LogP contribution in [0.3, 0.4) is 0 Å². The van der Waals surface area contributed by atoms with Gasteiger partial charge in [0, 0.05) is 18.3 Å². The lowest BCUT2D eigenvalue weighted by Crippen LogP contribution is -2.16. The van der Waals surface area contributed by atoms with E-state index in [1.54, 1.807) is 6.20 Å². The summed E-state index contributed by atoms with van der Waals surface area (Å²) in [6.45, 7) is 3.04. The normalized spacial score (nSPS) is 10.6. The number of hydrogen-bond acceptors (Lipinski definition) is 3. The molecule has 1 aromatic heterocycles. The number of rotatable bonds is 7. The van der Waals surface area contributed by atoms with Crippen molar-refractivity contribution in [1.29, 1.82) is 0 Å². The summed E-state index contributed by atoms with van der Waals surface area (Å²) < 4.78 is 7.40. The number of nitrogens with zero attached hydrogens (tertiary/aromatic N) is 1. The Morgan fingerprint density at radius 1 is 1.24 bits per heavy atom. The Balaban J connectivity index is 2.25. The van der Waals surface area contributed by atoms with Crippen LogP contribution in [0.4, 0.5) is 0 Å². The van der Waals surface area contributed by atoms with E-state index in [1.165, 1.54) is 6.07 Å². The van der Waals surface area contributed by atoms with E-state index in [9.17, 15) is 9.90 Å².